The fraction of sp³-hybridized carbons (Fsp3) is 0.389. The minimum absolute atomic E-state index is 0.560. The average molecular weight is 280 g/mol. The molecule has 3 rings (SSSR count). The molecular weight excluding hydrogens is 260 g/mol. The Morgan fingerprint density at radius 1 is 1.10 bits per heavy atom. The topological polar surface area (TPSA) is 59.0 Å². The molecule has 1 saturated carbocycles. The van der Waals surface area contributed by atoms with Crippen molar-refractivity contribution in [3.05, 3.63) is 42.0 Å². The Balaban J connectivity index is 1.83. The fourth-order valence-electron chi connectivity index (χ4n) is 3.33. The minimum Gasteiger partial charge on any atom is -0.493 e. The van der Waals surface area contributed by atoms with E-state index in [1.54, 1.807) is 0 Å². The first-order chi connectivity index (χ1) is 10.3. The highest BCUT2D eigenvalue weighted by atomic mass is 16.5. The lowest BCUT2D eigenvalue weighted by atomic mass is 9.97. The lowest BCUT2D eigenvalue weighted by Gasteiger charge is -2.19. The number of nitriles is 1. The van der Waals surface area contributed by atoms with Gasteiger partial charge in [0.25, 0.3) is 0 Å². The second-order valence-corrected chi connectivity index (χ2v) is 5.77. The molecule has 1 aliphatic rings. The summed E-state index contributed by atoms with van der Waals surface area (Å²) >= 11 is 0. The molecule has 2 unspecified atom stereocenters. The molecule has 0 spiro atoms. The first-order valence-corrected chi connectivity index (χ1v) is 7.58. The van der Waals surface area contributed by atoms with E-state index in [2.05, 4.69) is 6.07 Å². The van der Waals surface area contributed by atoms with Crippen molar-refractivity contribution in [3.8, 4) is 11.8 Å². The quantitative estimate of drug-likeness (QED) is 0.933. The van der Waals surface area contributed by atoms with Crippen LogP contribution in [-0.2, 0) is 0 Å². The highest BCUT2D eigenvalue weighted by Gasteiger charge is 2.26. The van der Waals surface area contributed by atoms with Gasteiger partial charge in [0.05, 0.1) is 18.2 Å². The minimum atomic E-state index is 0.560. The van der Waals surface area contributed by atoms with Crippen molar-refractivity contribution < 1.29 is 4.74 Å². The van der Waals surface area contributed by atoms with Gasteiger partial charge >= 0.3 is 0 Å². The van der Waals surface area contributed by atoms with Gasteiger partial charge < -0.3 is 10.5 Å². The Hall–Kier alpha value is -2.05. The van der Waals surface area contributed by atoms with Crippen LogP contribution in [-0.4, -0.2) is 13.2 Å². The number of hydrogen-bond acceptors (Lipinski definition) is 3. The van der Waals surface area contributed by atoms with Crippen LogP contribution in [0.1, 0.15) is 24.8 Å². The number of nitrogens with two attached hydrogens (primary N) is 1. The molecule has 1 fully saturated rings. The maximum atomic E-state index is 9.19. The third kappa shape index (κ3) is 2.72. The van der Waals surface area contributed by atoms with Crippen molar-refractivity contribution in [1.82, 2.24) is 0 Å². The first kappa shape index (κ1) is 13.9. The zero-order valence-electron chi connectivity index (χ0n) is 12.1. The standard InChI is InChI=1S/C18H20N2O/c19-10-13-4-3-5-15(13)12-21-18-9-8-14(11-20)16-6-1-2-7-17(16)18/h1-2,6-9,13,15H,3-5,10,12,19H2. The Labute approximate surface area is 125 Å². The lowest BCUT2D eigenvalue weighted by molar-refractivity contribution is 0.219. The molecule has 1 aliphatic carbocycles. The molecule has 2 aromatic rings. The normalized spacial score (nSPS) is 21.3. The van der Waals surface area contributed by atoms with Gasteiger partial charge in [0, 0.05) is 10.8 Å². The molecule has 0 saturated heterocycles. The van der Waals surface area contributed by atoms with Gasteiger partial charge in [-0.25, -0.2) is 0 Å². The number of nitrogens with zero attached hydrogens (tertiary/aromatic N) is 1. The molecule has 21 heavy (non-hydrogen) atoms. The predicted octanol–water partition coefficient (Wildman–Crippen LogP) is 3.47. The lowest BCUT2D eigenvalue weighted by Crippen LogP contribution is -2.23. The monoisotopic (exact) mass is 280 g/mol. The Bertz CT molecular complexity index is 674. The molecular formula is C18H20N2O. The second-order valence-electron chi connectivity index (χ2n) is 5.77. The SMILES string of the molecule is N#Cc1ccc(OCC2CCCC2CN)c2ccccc12. The van der Waals surface area contributed by atoms with Crippen LogP contribution in [0.4, 0.5) is 0 Å². The summed E-state index contributed by atoms with van der Waals surface area (Å²) in [6.07, 6.45) is 3.68. The van der Waals surface area contributed by atoms with Gasteiger partial charge in [-0.15, -0.1) is 0 Å². The Morgan fingerprint density at radius 3 is 2.62 bits per heavy atom. The maximum Gasteiger partial charge on any atom is 0.127 e. The third-order valence-electron chi connectivity index (χ3n) is 4.58. The zero-order valence-corrected chi connectivity index (χ0v) is 12.1. The van der Waals surface area contributed by atoms with E-state index in [-0.39, 0.29) is 0 Å². The van der Waals surface area contributed by atoms with Crippen LogP contribution in [0.3, 0.4) is 0 Å². The predicted molar refractivity (Wildman–Crippen MR) is 84.0 cm³/mol. The van der Waals surface area contributed by atoms with Crippen LogP contribution in [0.25, 0.3) is 10.8 Å². The van der Waals surface area contributed by atoms with E-state index in [0.717, 1.165) is 29.7 Å². The average Bonchev–Trinajstić information content (AvgIpc) is 3.00. The molecule has 2 aromatic carbocycles. The first-order valence-electron chi connectivity index (χ1n) is 7.58. The van der Waals surface area contributed by atoms with E-state index in [1.165, 1.54) is 19.3 Å². The van der Waals surface area contributed by atoms with Crippen molar-refractivity contribution in [1.29, 1.82) is 5.26 Å². The molecule has 0 amide bonds. The van der Waals surface area contributed by atoms with Gasteiger partial charge in [-0.05, 0) is 43.4 Å². The number of benzene rings is 2. The van der Waals surface area contributed by atoms with Gasteiger partial charge in [0.1, 0.15) is 5.75 Å². The van der Waals surface area contributed by atoms with Crippen molar-refractivity contribution >= 4 is 10.8 Å². The number of rotatable bonds is 4. The molecule has 2 N–H and O–H groups in total. The van der Waals surface area contributed by atoms with Crippen molar-refractivity contribution in [2.45, 2.75) is 19.3 Å². The van der Waals surface area contributed by atoms with Gasteiger partial charge in [-0.2, -0.15) is 5.26 Å². The van der Waals surface area contributed by atoms with E-state index < -0.39 is 0 Å². The summed E-state index contributed by atoms with van der Waals surface area (Å²) in [6, 6.07) is 13.9. The highest BCUT2D eigenvalue weighted by molar-refractivity contribution is 5.92. The van der Waals surface area contributed by atoms with E-state index >= 15 is 0 Å². The Kier molecular flexibility index (Phi) is 4.08. The summed E-state index contributed by atoms with van der Waals surface area (Å²) in [5.74, 6) is 2.02. The van der Waals surface area contributed by atoms with Crippen LogP contribution in [0, 0.1) is 23.2 Å². The van der Waals surface area contributed by atoms with Crippen LogP contribution in [0.5, 0.6) is 5.75 Å². The highest BCUT2D eigenvalue weighted by Crippen LogP contribution is 2.33. The summed E-state index contributed by atoms with van der Waals surface area (Å²) in [7, 11) is 0. The van der Waals surface area contributed by atoms with Crippen LogP contribution >= 0.6 is 0 Å². The smallest absolute Gasteiger partial charge is 0.127 e. The van der Waals surface area contributed by atoms with E-state index in [4.69, 9.17) is 10.5 Å². The molecule has 0 heterocycles. The molecule has 0 bridgehead atoms. The molecule has 3 heteroatoms. The van der Waals surface area contributed by atoms with E-state index in [9.17, 15) is 5.26 Å². The molecule has 108 valence electrons. The number of fused-ring (bicyclic) bond motifs is 1. The van der Waals surface area contributed by atoms with E-state index in [0.29, 0.717) is 17.4 Å². The van der Waals surface area contributed by atoms with Crippen molar-refractivity contribution in [2.75, 3.05) is 13.2 Å². The second kappa shape index (κ2) is 6.15. The molecule has 0 aromatic heterocycles. The molecule has 2 atom stereocenters. The van der Waals surface area contributed by atoms with Crippen molar-refractivity contribution in [3.63, 3.8) is 0 Å². The summed E-state index contributed by atoms with van der Waals surface area (Å²) in [5.41, 5.74) is 6.52. The van der Waals surface area contributed by atoms with Gasteiger partial charge in [0.2, 0.25) is 0 Å². The number of hydrogen-bond donors (Lipinski definition) is 1. The van der Waals surface area contributed by atoms with Crippen LogP contribution < -0.4 is 10.5 Å². The third-order valence-corrected chi connectivity index (χ3v) is 4.58. The summed E-state index contributed by atoms with van der Waals surface area (Å²) < 4.78 is 6.07. The van der Waals surface area contributed by atoms with Crippen molar-refractivity contribution in [2.24, 2.45) is 17.6 Å². The largest absolute Gasteiger partial charge is 0.493 e. The van der Waals surface area contributed by atoms with Crippen LogP contribution in [0.15, 0.2) is 36.4 Å². The molecule has 3 nitrogen and oxygen atoms in total. The van der Waals surface area contributed by atoms with Gasteiger partial charge in [-0.3, -0.25) is 0 Å². The summed E-state index contributed by atoms with van der Waals surface area (Å²) in [4.78, 5) is 0. The zero-order chi connectivity index (χ0) is 14.7. The summed E-state index contributed by atoms with van der Waals surface area (Å²) in [5, 5.41) is 11.2. The molecule has 0 radical (unpaired) electrons. The van der Waals surface area contributed by atoms with Gasteiger partial charge in [-0.1, -0.05) is 30.7 Å². The van der Waals surface area contributed by atoms with E-state index in [1.807, 2.05) is 36.4 Å². The fourth-order valence-corrected chi connectivity index (χ4v) is 3.33. The summed E-state index contributed by atoms with van der Waals surface area (Å²) in [6.45, 7) is 1.47. The Morgan fingerprint density at radius 2 is 1.86 bits per heavy atom. The van der Waals surface area contributed by atoms with Gasteiger partial charge in [0.15, 0.2) is 0 Å². The molecule has 0 aliphatic heterocycles. The van der Waals surface area contributed by atoms with Crippen LogP contribution in [0.2, 0.25) is 0 Å². The number of ether oxygens (including phenoxy) is 1. The maximum absolute atomic E-state index is 9.19.